The van der Waals surface area contributed by atoms with Gasteiger partial charge in [0.05, 0.1) is 30.3 Å². The highest BCUT2D eigenvalue weighted by molar-refractivity contribution is 8.26. The van der Waals surface area contributed by atoms with E-state index in [4.69, 9.17) is 38.0 Å². The molecule has 0 aromatic heterocycles. The van der Waals surface area contributed by atoms with Crippen molar-refractivity contribution >= 4 is 51.9 Å². The third-order valence-electron chi connectivity index (χ3n) is 4.28. The Morgan fingerprint density at radius 2 is 1.94 bits per heavy atom. The minimum absolute atomic E-state index is 0.149. The van der Waals surface area contributed by atoms with Gasteiger partial charge in [-0.15, -0.1) is 6.58 Å². The molecule has 0 N–H and O–H groups in total. The van der Waals surface area contributed by atoms with E-state index in [1.165, 1.54) is 16.7 Å². The van der Waals surface area contributed by atoms with Crippen LogP contribution in [0.1, 0.15) is 12.0 Å². The summed E-state index contributed by atoms with van der Waals surface area (Å²) in [6.07, 6.45) is 4.07. The number of benzene rings is 2. The first-order valence-corrected chi connectivity index (χ1v) is 11.2. The Balaban J connectivity index is 1.64. The van der Waals surface area contributed by atoms with Gasteiger partial charge in [-0.3, -0.25) is 9.69 Å². The summed E-state index contributed by atoms with van der Waals surface area (Å²) in [6.45, 7) is 4.98. The van der Waals surface area contributed by atoms with Crippen molar-refractivity contribution in [3.8, 4) is 17.2 Å². The molecule has 0 aliphatic carbocycles. The summed E-state index contributed by atoms with van der Waals surface area (Å²) in [7, 11) is 1.55. The zero-order valence-electron chi connectivity index (χ0n) is 17.0. The molecule has 1 saturated heterocycles. The van der Waals surface area contributed by atoms with Gasteiger partial charge < -0.3 is 14.2 Å². The number of carbonyl (C=O) groups excluding carboxylic acids is 1. The highest BCUT2D eigenvalue weighted by Crippen LogP contribution is 2.39. The minimum atomic E-state index is -0.149. The number of nitrogens with zero attached hydrogens (tertiary/aromatic N) is 1. The number of carbonyl (C=O) groups is 1. The maximum Gasteiger partial charge on any atom is 0.266 e. The Morgan fingerprint density at radius 1 is 1.19 bits per heavy atom. The molecule has 0 unspecified atom stereocenters. The summed E-state index contributed by atoms with van der Waals surface area (Å²) in [4.78, 5) is 14.6. The summed E-state index contributed by atoms with van der Waals surface area (Å²) < 4.78 is 17.5. The van der Waals surface area contributed by atoms with E-state index in [-0.39, 0.29) is 5.91 Å². The minimum Gasteiger partial charge on any atom is -0.493 e. The molecular formula is C23H22ClNO4S2. The summed E-state index contributed by atoms with van der Waals surface area (Å²) >= 11 is 13.0. The van der Waals surface area contributed by atoms with Gasteiger partial charge in [0.25, 0.3) is 5.91 Å². The molecule has 0 spiro atoms. The molecule has 8 heteroatoms. The third kappa shape index (κ3) is 6.03. The molecule has 0 bridgehead atoms. The van der Waals surface area contributed by atoms with Crippen LogP contribution in [0.15, 0.2) is 60.0 Å². The topological polar surface area (TPSA) is 48.0 Å². The van der Waals surface area contributed by atoms with Gasteiger partial charge in [-0.05, 0) is 35.9 Å². The molecule has 1 aliphatic heterocycles. The van der Waals surface area contributed by atoms with Crippen molar-refractivity contribution in [1.82, 2.24) is 4.90 Å². The molecule has 2 aromatic carbocycles. The van der Waals surface area contributed by atoms with Crippen molar-refractivity contribution in [2.24, 2.45) is 0 Å². The van der Waals surface area contributed by atoms with Crippen molar-refractivity contribution < 1.29 is 19.0 Å². The lowest BCUT2D eigenvalue weighted by Gasteiger charge is -2.14. The first-order chi connectivity index (χ1) is 15.0. The number of ether oxygens (including phenoxy) is 3. The van der Waals surface area contributed by atoms with Crippen LogP contribution in [0.5, 0.6) is 17.2 Å². The van der Waals surface area contributed by atoms with Gasteiger partial charge in [0.2, 0.25) is 0 Å². The van der Waals surface area contributed by atoms with Crippen molar-refractivity contribution in [2.75, 3.05) is 26.9 Å². The van der Waals surface area contributed by atoms with Crippen LogP contribution in [0.3, 0.4) is 0 Å². The SMILES string of the molecule is C=CCN1C(=O)/C(=C\c2cc(Cl)c(OCCCOc3ccccc3)c(OC)c2)SC1=S. The van der Waals surface area contributed by atoms with Gasteiger partial charge >= 0.3 is 0 Å². The highest BCUT2D eigenvalue weighted by atomic mass is 35.5. The summed E-state index contributed by atoms with van der Waals surface area (Å²) in [5, 5.41) is 0.399. The van der Waals surface area contributed by atoms with Crippen LogP contribution >= 0.6 is 35.6 Å². The average molecular weight is 476 g/mol. The van der Waals surface area contributed by atoms with Crippen molar-refractivity contribution in [2.45, 2.75) is 6.42 Å². The molecule has 5 nitrogen and oxygen atoms in total. The van der Waals surface area contributed by atoms with Crippen LogP contribution in [-0.2, 0) is 4.79 Å². The first kappa shape index (κ1) is 23.2. The fourth-order valence-electron chi connectivity index (χ4n) is 2.84. The second kappa shape index (κ2) is 11.2. The third-order valence-corrected chi connectivity index (χ3v) is 5.94. The van der Waals surface area contributed by atoms with E-state index in [1.807, 2.05) is 30.3 Å². The quantitative estimate of drug-likeness (QED) is 0.193. The average Bonchev–Trinajstić information content (AvgIpc) is 3.02. The molecule has 1 aliphatic rings. The van der Waals surface area contributed by atoms with Crippen LogP contribution in [0.2, 0.25) is 5.02 Å². The summed E-state index contributed by atoms with van der Waals surface area (Å²) in [6, 6.07) is 13.1. The lowest BCUT2D eigenvalue weighted by atomic mass is 10.1. The molecule has 0 saturated carbocycles. The molecule has 1 heterocycles. The number of thiocarbonyl (C=S) groups is 1. The number of para-hydroxylation sites is 1. The Bertz CT molecular complexity index is 995. The molecular weight excluding hydrogens is 454 g/mol. The van der Waals surface area contributed by atoms with Crippen molar-refractivity contribution in [3.05, 3.63) is 70.6 Å². The fourth-order valence-corrected chi connectivity index (χ4v) is 4.39. The van der Waals surface area contributed by atoms with Crippen LogP contribution in [0, 0.1) is 0 Å². The van der Waals surface area contributed by atoms with Crippen LogP contribution in [0.4, 0.5) is 0 Å². The van der Waals surface area contributed by atoms with E-state index in [1.54, 1.807) is 31.4 Å². The predicted octanol–water partition coefficient (Wildman–Crippen LogP) is 5.58. The number of hydrogen-bond acceptors (Lipinski definition) is 6. The number of rotatable bonds is 10. The number of hydrogen-bond donors (Lipinski definition) is 0. The molecule has 0 radical (unpaired) electrons. The highest BCUT2D eigenvalue weighted by Gasteiger charge is 2.31. The van der Waals surface area contributed by atoms with Gasteiger partial charge in [-0.25, -0.2) is 0 Å². The van der Waals surface area contributed by atoms with E-state index in [0.717, 1.165) is 11.3 Å². The normalized spacial score (nSPS) is 14.8. The van der Waals surface area contributed by atoms with Gasteiger partial charge in [-0.2, -0.15) is 0 Å². The predicted molar refractivity (Wildman–Crippen MR) is 130 cm³/mol. The molecule has 1 amide bonds. The van der Waals surface area contributed by atoms with E-state index in [0.29, 0.717) is 51.9 Å². The zero-order chi connectivity index (χ0) is 22.2. The van der Waals surface area contributed by atoms with Crippen LogP contribution < -0.4 is 14.2 Å². The smallest absolute Gasteiger partial charge is 0.266 e. The van der Waals surface area contributed by atoms with Gasteiger partial charge in [-0.1, -0.05) is 59.9 Å². The van der Waals surface area contributed by atoms with Crippen molar-refractivity contribution in [3.63, 3.8) is 0 Å². The van der Waals surface area contributed by atoms with Crippen molar-refractivity contribution in [1.29, 1.82) is 0 Å². The molecule has 1 fully saturated rings. The maximum absolute atomic E-state index is 12.5. The zero-order valence-corrected chi connectivity index (χ0v) is 19.4. The Morgan fingerprint density at radius 3 is 2.65 bits per heavy atom. The lowest BCUT2D eigenvalue weighted by molar-refractivity contribution is -0.121. The fraction of sp³-hybridized carbons (Fsp3) is 0.217. The largest absolute Gasteiger partial charge is 0.493 e. The van der Waals surface area contributed by atoms with E-state index in [9.17, 15) is 4.79 Å². The number of amides is 1. The molecule has 3 rings (SSSR count). The molecule has 0 atom stereocenters. The number of thioether (sulfide) groups is 1. The monoisotopic (exact) mass is 475 g/mol. The lowest BCUT2D eigenvalue weighted by Crippen LogP contribution is -2.27. The van der Waals surface area contributed by atoms with E-state index < -0.39 is 0 Å². The summed E-state index contributed by atoms with van der Waals surface area (Å²) in [5.74, 6) is 1.62. The number of halogens is 1. The Labute approximate surface area is 196 Å². The Kier molecular flexibility index (Phi) is 8.40. The second-order valence-corrected chi connectivity index (χ2v) is 8.56. The first-order valence-electron chi connectivity index (χ1n) is 9.58. The maximum atomic E-state index is 12.5. The van der Waals surface area contributed by atoms with E-state index >= 15 is 0 Å². The van der Waals surface area contributed by atoms with Crippen LogP contribution in [0.25, 0.3) is 6.08 Å². The molecule has 2 aromatic rings. The standard InChI is InChI=1S/C23H22ClNO4S2/c1-3-10-25-22(26)20(31-23(25)30)15-16-13-18(24)21(19(14-16)27-2)29-12-7-11-28-17-8-5-4-6-9-17/h3-6,8-9,13-15H,1,7,10-12H2,2H3/b20-15+. The summed E-state index contributed by atoms with van der Waals surface area (Å²) in [5.41, 5.74) is 0.723. The number of methoxy groups -OCH3 is 1. The Hall–Kier alpha value is -2.48. The second-order valence-electron chi connectivity index (χ2n) is 6.48. The molecule has 31 heavy (non-hydrogen) atoms. The van der Waals surface area contributed by atoms with Gasteiger partial charge in [0, 0.05) is 13.0 Å². The van der Waals surface area contributed by atoms with Gasteiger partial charge in [0.15, 0.2) is 11.5 Å². The molecule has 162 valence electrons. The van der Waals surface area contributed by atoms with E-state index in [2.05, 4.69) is 6.58 Å². The van der Waals surface area contributed by atoms with Crippen LogP contribution in [-0.4, -0.2) is 42.0 Å². The van der Waals surface area contributed by atoms with Gasteiger partial charge in [0.1, 0.15) is 10.1 Å².